The third-order valence-corrected chi connectivity index (χ3v) is 4.62. The van der Waals surface area contributed by atoms with Crippen LogP contribution in [0.3, 0.4) is 0 Å². The molecule has 1 saturated carbocycles. The van der Waals surface area contributed by atoms with Gasteiger partial charge in [-0.25, -0.2) is 21.6 Å². The Morgan fingerprint density at radius 1 is 1.33 bits per heavy atom. The Hall–Kier alpha value is -1.57. The summed E-state index contributed by atoms with van der Waals surface area (Å²) in [7, 11) is -4.26. The summed E-state index contributed by atoms with van der Waals surface area (Å²) in [6.07, 6.45) is 1.41. The zero-order chi connectivity index (χ0) is 15.9. The number of carboxylic acids is 1. The average molecular weight is 322 g/mol. The van der Waals surface area contributed by atoms with Gasteiger partial charge in [0.15, 0.2) is 21.5 Å². The van der Waals surface area contributed by atoms with E-state index in [0.29, 0.717) is 25.2 Å². The Bertz CT molecular complexity index is 696. The van der Waals surface area contributed by atoms with Gasteiger partial charge in [0, 0.05) is 12.2 Å². The van der Waals surface area contributed by atoms with E-state index in [2.05, 4.69) is 0 Å². The number of hydrogen-bond acceptors (Lipinski definition) is 3. The Kier molecular flexibility index (Phi) is 4.01. The largest absolute Gasteiger partial charge is 0.481 e. The topological polar surface area (TPSA) is 71.4 Å². The quantitative estimate of drug-likeness (QED) is 0.845. The van der Waals surface area contributed by atoms with Crippen LogP contribution < -0.4 is 0 Å². The van der Waals surface area contributed by atoms with Gasteiger partial charge < -0.3 is 5.11 Å². The predicted molar refractivity (Wildman–Crippen MR) is 67.1 cm³/mol. The van der Waals surface area contributed by atoms with E-state index in [-0.39, 0.29) is 5.92 Å². The third-order valence-electron chi connectivity index (χ3n) is 3.50. The maximum atomic E-state index is 14.1. The van der Waals surface area contributed by atoms with Crippen molar-refractivity contribution in [1.29, 1.82) is 0 Å². The van der Waals surface area contributed by atoms with Crippen LogP contribution in [0.5, 0.6) is 0 Å². The maximum Gasteiger partial charge on any atom is 0.303 e. The van der Waals surface area contributed by atoms with Crippen molar-refractivity contribution in [2.24, 2.45) is 5.92 Å². The van der Waals surface area contributed by atoms with Gasteiger partial charge in [-0.2, -0.15) is 0 Å². The van der Waals surface area contributed by atoms with Crippen LogP contribution in [0.25, 0.3) is 0 Å². The lowest BCUT2D eigenvalue weighted by molar-refractivity contribution is -0.137. The van der Waals surface area contributed by atoms with Gasteiger partial charge in [-0.3, -0.25) is 4.79 Å². The fourth-order valence-corrected chi connectivity index (χ4v) is 3.25. The number of hydrogen-bond donors (Lipinski definition) is 1. The van der Waals surface area contributed by atoms with Crippen molar-refractivity contribution in [2.75, 3.05) is 6.26 Å². The van der Waals surface area contributed by atoms with E-state index in [0.717, 1.165) is 0 Å². The Morgan fingerprint density at radius 3 is 2.33 bits per heavy atom. The molecule has 1 aliphatic carbocycles. The second-order valence-corrected chi connectivity index (χ2v) is 7.17. The minimum Gasteiger partial charge on any atom is -0.481 e. The predicted octanol–water partition coefficient (Wildman–Crippen LogP) is 2.48. The number of carbonyl (C=O) groups is 1. The zero-order valence-corrected chi connectivity index (χ0v) is 11.9. The molecule has 8 heteroatoms. The summed E-state index contributed by atoms with van der Waals surface area (Å²) in [5.74, 6) is -6.90. The highest BCUT2D eigenvalue weighted by molar-refractivity contribution is 7.90. The van der Waals surface area contributed by atoms with Crippen molar-refractivity contribution >= 4 is 15.8 Å². The van der Waals surface area contributed by atoms with Crippen LogP contribution in [0.1, 0.15) is 30.7 Å². The number of sulfone groups is 1. The molecular weight excluding hydrogens is 309 g/mol. The molecule has 1 atom stereocenters. The lowest BCUT2D eigenvalue weighted by Crippen LogP contribution is -2.14. The van der Waals surface area contributed by atoms with Crippen molar-refractivity contribution in [1.82, 2.24) is 0 Å². The first-order valence-electron chi connectivity index (χ1n) is 6.22. The highest BCUT2D eigenvalue weighted by Crippen LogP contribution is 2.46. The molecule has 1 unspecified atom stereocenters. The molecule has 0 aromatic heterocycles. The number of aliphatic carboxylic acids is 1. The van der Waals surface area contributed by atoms with E-state index in [1.165, 1.54) is 0 Å². The molecule has 21 heavy (non-hydrogen) atoms. The van der Waals surface area contributed by atoms with E-state index >= 15 is 0 Å². The lowest BCUT2D eigenvalue weighted by Gasteiger charge is -2.17. The Balaban J connectivity index is 2.58. The summed E-state index contributed by atoms with van der Waals surface area (Å²) < 4.78 is 64.3. The van der Waals surface area contributed by atoms with E-state index in [1.807, 2.05) is 0 Å². The van der Waals surface area contributed by atoms with Crippen LogP contribution >= 0.6 is 0 Å². The van der Waals surface area contributed by atoms with E-state index in [1.54, 1.807) is 0 Å². The van der Waals surface area contributed by atoms with Gasteiger partial charge in [0.05, 0.1) is 6.42 Å². The van der Waals surface area contributed by atoms with E-state index < -0.39 is 56.1 Å². The minimum atomic E-state index is -4.26. The Labute approximate surface area is 119 Å². The third kappa shape index (κ3) is 3.20. The first-order valence-corrected chi connectivity index (χ1v) is 8.11. The van der Waals surface area contributed by atoms with Gasteiger partial charge in [-0.05, 0) is 30.4 Å². The number of carboxylic acid groups (broad SMARTS) is 1. The minimum absolute atomic E-state index is 0.154. The summed E-state index contributed by atoms with van der Waals surface area (Å²) in [6, 6.07) is 0.598. The van der Waals surface area contributed by atoms with Crippen molar-refractivity contribution in [3.63, 3.8) is 0 Å². The first kappa shape index (κ1) is 15.8. The molecule has 0 saturated heterocycles. The molecule has 116 valence electrons. The molecule has 0 amide bonds. The molecule has 1 aliphatic rings. The van der Waals surface area contributed by atoms with Crippen molar-refractivity contribution in [2.45, 2.75) is 30.1 Å². The number of benzene rings is 1. The molecule has 4 nitrogen and oxygen atoms in total. The fraction of sp³-hybridized carbons (Fsp3) is 0.462. The van der Waals surface area contributed by atoms with Crippen LogP contribution in [0.4, 0.5) is 13.2 Å². The highest BCUT2D eigenvalue weighted by Gasteiger charge is 2.37. The number of halogens is 3. The molecule has 1 aromatic carbocycles. The zero-order valence-electron chi connectivity index (χ0n) is 11.1. The summed E-state index contributed by atoms with van der Waals surface area (Å²) in [5, 5.41) is 8.83. The lowest BCUT2D eigenvalue weighted by atomic mass is 9.90. The second-order valence-electron chi connectivity index (χ2n) is 5.22. The SMILES string of the molecule is CS(=O)(=O)c1c(F)cc(C(CC(=O)O)C2CC2)c(F)c1F. The summed E-state index contributed by atoms with van der Waals surface area (Å²) in [5.41, 5.74) is -0.415. The van der Waals surface area contributed by atoms with Gasteiger partial charge in [0.25, 0.3) is 0 Å². The van der Waals surface area contributed by atoms with Gasteiger partial charge in [0.2, 0.25) is 0 Å². The van der Waals surface area contributed by atoms with Gasteiger partial charge in [-0.15, -0.1) is 0 Å². The monoisotopic (exact) mass is 322 g/mol. The summed E-state index contributed by atoms with van der Waals surface area (Å²) in [4.78, 5) is 9.49. The smallest absolute Gasteiger partial charge is 0.303 e. The van der Waals surface area contributed by atoms with Crippen molar-refractivity contribution in [3.05, 3.63) is 29.1 Å². The summed E-state index contributed by atoms with van der Waals surface area (Å²) in [6.45, 7) is 0. The van der Waals surface area contributed by atoms with E-state index in [9.17, 15) is 26.4 Å². The standard InChI is InChI=1S/C13H13F3O4S/c1-21(19,20)13-9(14)4-8(11(15)12(13)16)7(5-10(17)18)6-2-3-6/h4,6-7H,2-3,5H2,1H3,(H,17,18). The molecule has 0 radical (unpaired) electrons. The molecule has 1 aromatic rings. The van der Waals surface area contributed by atoms with Crippen molar-refractivity contribution in [3.8, 4) is 0 Å². The van der Waals surface area contributed by atoms with Crippen LogP contribution in [0.15, 0.2) is 11.0 Å². The van der Waals surface area contributed by atoms with Crippen LogP contribution in [0, 0.1) is 23.4 Å². The number of rotatable bonds is 5. The molecule has 0 aliphatic heterocycles. The van der Waals surface area contributed by atoms with Gasteiger partial charge in [-0.1, -0.05) is 0 Å². The molecule has 0 bridgehead atoms. The van der Waals surface area contributed by atoms with E-state index in [4.69, 9.17) is 5.11 Å². The first-order chi connectivity index (χ1) is 9.62. The molecule has 0 spiro atoms. The van der Waals surface area contributed by atoms with Gasteiger partial charge in [0.1, 0.15) is 10.7 Å². The van der Waals surface area contributed by atoms with Crippen LogP contribution in [-0.4, -0.2) is 25.7 Å². The molecule has 0 heterocycles. The molecule has 1 N–H and O–H groups in total. The maximum absolute atomic E-state index is 14.1. The molecule has 1 fully saturated rings. The molecule has 2 rings (SSSR count). The Morgan fingerprint density at radius 2 is 1.90 bits per heavy atom. The molecular formula is C13H13F3O4S. The highest BCUT2D eigenvalue weighted by atomic mass is 32.2. The van der Waals surface area contributed by atoms with Crippen LogP contribution in [0.2, 0.25) is 0 Å². The van der Waals surface area contributed by atoms with Crippen LogP contribution in [-0.2, 0) is 14.6 Å². The normalized spacial score (nSPS) is 16.8. The van der Waals surface area contributed by atoms with Crippen molar-refractivity contribution < 1.29 is 31.5 Å². The average Bonchev–Trinajstić information content (AvgIpc) is 3.13. The summed E-state index contributed by atoms with van der Waals surface area (Å²) >= 11 is 0. The van der Waals surface area contributed by atoms with Gasteiger partial charge >= 0.3 is 5.97 Å². The second kappa shape index (κ2) is 5.32. The fourth-order valence-electron chi connectivity index (χ4n) is 2.42.